The summed E-state index contributed by atoms with van der Waals surface area (Å²) < 4.78 is 0. The summed E-state index contributed by atoms with van der Waals surface area (Å²) in [6.45, 7) is 3.64. The molecule has 0 amide bonds. The first-order valence-corrected chi connectivity index (χ1v) is 10.1. The van der Waals surface area contributed by atoms with E-state index in [1.165, 1.54) is 109 Å². The van der Waals surface area contributed by atoms with E-state index in [2.05, 4.69) is 21.0 Å². The van der Waals surface area contributed by atoms with Crippen LogP contribution in [0.15, 0.2) is 0 Å². The Labute approximate surface area is 140 Å². The topological polar surface area (TPSA) is 4.44 Å². The summed E-state index contributed by atoms with van der Waals surface area (Å²) in [5.74, 6) is 0. The van der Waals surface area contributed by atoms with E-state index < -0.39 is 0 Å². The monoisotopic (exact) mass is 317 g/mol. The van der Waals surface area contributed by atoms with Crippen molar-refractivity contribution in [3.63, 3.8) is 0 Å². The maximum absolute atomic E-state index is 2.30. The summed E-state index contributed by atoms with van der Waals surface area (Å²) in [6, 6.07) is 0. The minimum atomic E-state index is 0. The van der Waals surface area contributed by atoms with Crippen molar-refractivity contribution in [3.8, 4) is 0 Å². The van der Waals surface area contributed by atoms with Gasteiger partial charge in [0.25, 0.3) is 0 Å². The number of unbranched alkanes of at least 4 members (excludes halogenated alkanes) is 15. The standard InChI is InChI=1S/C20H43N.FH/c1-4-5-6-7-8-9-10-11-12-13-14-15-16-17-18-19-20-21(2)3;/h4-20H2,1-3H3;1H. The Morgan fingerprint density at radius 1 is 0.455 bits per heavy atom. The van der Waals surface area contributed by atoms with E-state index in [1.54, 1.807) is 4.90 Å². The Bertz CT molecular complexity index is 183. The summed E-state index contributed by atoms with van der Waals surface area (Å²) in [5.41, 5.74) is 0. The molecule has 0 aliphatic heterocycles. The molecule has 0 saturated carbocycles. The van der Waals surface area contributed by atoms with Gasteiger partial charge >= 0.3 is 0 Å². The third kappa shape index (κ3) is 22.2. The zero-order chi connectivity index (χ0) is 15.6. The van der Waals surface area contributed by atoms with E-state index >= 15 is 0 Å². The number of halogens is 1. The molecule has 0 heterocycles. The van der Waals surface area contributed by atoms with Crippen LogP contribution in [-0.4, -0.2) is 20.6 Å². The van der Waals surface area contributed by atoms with Crippen molar-refractivity contribution in [2.45, 2.75) is 110 Å². The van der Waals surface area contributed by atoms with Crippen molar-refractivity contribution in [2.24, 2.45) is 0 Å². The molecule has 0 aliphatic carbocycles. The molecule has 0 radical (unpaired) electrons. The van der Waals surface area contributed by atoms with Crippen LogP contribution in [0.5, 0.6) is 0 Å². The van der Waals surface area contributed by atoms with Crippen LogP contribution < -0.4 is 9.60 Å². The fourth-order valence-electron chi connectivity index (χ4n) is 3.03. The predicted octanol–water partition coefficient (Wildman–Crippen LogP) is 2.40. The highest BCUT2D eigenvalue weighted by Gasteiger charge is 1.96. The molecule has 0 atom stereocenters. The molecule has 0 aromatic heterocycles. The molecule has 0 saturated heterocycles. The van der Waals surface area contributed by atoms with E-state index in [0.717, 1.165) is 0 Å². The molecule has 0 aromatic carbocycles. The average Bonchev–Trinajstić information content (AvgIpc) is 2.46. The highest BCUT2D eigenvalue weighted by atomic mass is 19.0. The van der Waals surface area contributed by atoms with Gasteiger partial charge < -0.3 is 9.60 Å². The van der Waals surface area contributed by atoms with Crippen molar-refractivity contribution in [2.75, 3.05) is 20.6 Å². The summed E-state index contributed by atoms with van der Waals surface area (Å²) in [4.78, 5) is 1.60. The number of hydrogen-bond donors (Lipinski definition) is 1. The lowest BCUT2D eigenvalue weighted by atomic mass is 10.0. The van der Waals surface area contributed by atoms with Crippen LogP contribution in [0.1, 0.15) is 110 Å². The Balaban J connectivity index is 0. The van der Waals surface area contributed by atoms with Crippen LogP contribution in [0.4, 0.5) is 0 Å². The first kappa shape index (κ1) is 24.1. The highest BCUT2D eigenvalue weighted by Crippen LogP contribution is 2.13. The van der Waals surface area contributed by atoms with E-state index in [1.807, 2.05) is 0 Å². The lowest BCUT2D eigenvalue weighted by molar-refractivity contribution is -0.858. The summed E-state index contributed by atoms with van der Waals surface area (Å²) in [5, 5.41) is 0. The van der Waals surface area contributed by atoms with Gasteiger partial charge in [-0.2, -0.15) is 0 Å². The molecule has 136 valence electrons. The van der Waals surface area contributed by atoms with Crippen molar-refractivity contribution in [3.05, 3.63) is 0 Å². The van der Waals surface area contributed by atoms with Crippen LogP contribution in [0, 0.1) is 0 Å². The largest absolute Gasteiger partial charge is 1.00 e. The molecule has 1 nitrogen and oxygen atoms in total. The third-order valence-electron chi connectivity index (χ3n) is 4.53. The van der Waals surface area contributed by atoms with Gasteiger partial charge in [0.2, 0.25) is 0 Å². The van der Waals surface area contributed by atoms with Crippen LogP contribution in [0.25, 0.3) is 0 Å². The molecule has 22 heavy (non-hydrogen) atoms. The summed E-state index contributed by atoms with van der Waals surface area (Å²) in [7, 11) is 4.51. The molecular weight excluding hydrogens is 273 g/mol. The average molecular weight is 318 g/mol. The molecule has 0 fully saturated rings. The summed E-state index contributed by atoms with van der Waals surface area (Å²) in [6.07, 6.45) is 23.4. The third-order valence-corrected chi connectivity index (χ3v) is 4.53. The molecule has 0 bridgehead atoms. The van der Waals surface area contributed by atoms with Gasteiger partial charge in [-0.05, 0) is 12.8 Å². The second-order valence-corrected chi connectivity index (χ2v) is 7.26. The minimum absolute atomic E-state index is 0. The molecule has 1 N–H and O–H groups in total. The maximum Gasteiger partial charge on any atom is 0.0766 e. The Morgan fingerprint density at radius 3 is 1.00 bits per heavy atom. The van der Waals surface area contributed by atoms with E-state index in [0.29, 0.717) is 0 Å². The minimum Gasteiger partial charge on any atom is -1.00 e. The number of rotatable bonds is 17. The van der Waals surface area contributed by atoms with Gasteiger partial charge in [0.1, 0.15) is 0 Å². The molecule has 0 unspecified atom stereocenters. The number of quaternary nitrogens is 1. The molecule has 0 aliphatic rings. The lowest BCUT2D eigenvalue weighted by Crippen LogP contribution is -3.05. The van der Waals surface area contributed by atoms with Crippen LogP contribution in [0.3, 0.4) is 0 Å². The second kappa shape index (κ2) is 20.9. The molecule has 0 aromatic rings. The van der Waals surface area contributed by atoms with Gasteiger partial charge in [-0.1, -0.05) is 96.8 Å². The van der Waals surface area contributed by atoms with Gasteiger partial charge in [0, 0.05) is 0 Å². The highest BCUT2D eigenvalue weighted by molar-refractivity contribution is 4.49. The Kier molecular flexibility index (Phi) is 22.9. The van der Waals surface area contributed by atoms with E-state index in [4.69, 9.17) is 0 Å². The van der Waals surface area contributed by atoms with Crippen LogP contribution in [0.2, 0.25) is 0 Å². The van der Waals surface area contributed by atoms with Gasteiger partial charge in [-0.3, -0.25) is 0 Å². The number of hydrogen-bond acceptors (Lipinski definition) is 0. The van der Waals surface area contributed by atoms with E-state index in [-0.39, 0.29) is 4.70 Å². The Morgan fingerprint density at radius 2 is 0.727 bits per heavy atom. The van der Waals surface area contributed by atoms with Gasteiger partial charge in [-0.25, -0.2) is 0 Å². The SMILES string of the molecule is CCCCCCCCCCCCCCCCCC[NH+](C)C.[F-]. The fraction of sp³-hybridized carbons (Fsp3) is 1.00. The van der Waals surface area contributed by atoms with Crippen LogP contribution >= 0.6 is 0 Å². The van der Waals surface area contributed by atoms with Gasteiger partial charge in [-0.15, -0.1) is 0 Å². The van der Waals surface area contributed by atoms with Crippen molar-refractivity contribution in [1.82, 2.24) is 0 Å². The summed E-state index contributed by atoms with van der Waals surface area (Å²) >= 11 is 0. The van der Waals surface area contributed by atoms with Crippen LogP contribution in [-0.2, 0) is 0 Å². The lowest BCUT2D eigenvalue weighted by Gasteiger charge is -2.06. The molecule has 0 spiro atoms. The van der Waals surface area contributed by atoms with Crippen molar-refractivity contribution in [1.29, 1.82) is 0 Å². The zero-order valence-corrected chi connectivity index (χ0v) is 15.9. The first-order chi connectivity index (χ1) is 10.3. The predicted molar refractivity (Wildman–Crippen MR) is 97.2 cm³/mol. The van der Waals surface area contributed by atoms with Crippen molar-refractivity contribution < 1.29 is 9.60 Å². The number of nitrogens with one attached hydrogen (secondary N) is 1. The maximum atomic E-state index is 2.30. The van der Waals surface area contributed by atoms with Gasteiger partial charge in [0.05, 0.1) is 20.6 Å². The van der Waals surface area contributed by atoms with Gasteiger partial charge in [0.15, 0.2) is 0 Å². The van der Waals surface area contributed by atoms with Crippen molar-refractivity contribution >= 4 is 0 Å². The normalized spacial score (nSPS) is 10.9. The quantitative estimate of drug-likeness (QED) is 0.393. The smallest absolute Gasteiger partial charge is 0.0766 e. The second-order valence-electron chi connectivity index (χ2n) is 7.26. The Hall–Kier alpha value is -0.110. The first-order valence-electron chi connectivity index (χ1n) is 10.1. The molecular formula is C20H44FN. The molecule has 2 heteroatoms. The van der Waals surface area contributed by atoms with E-state index in [9.17, 15) is 0 Å². The fourth-order valence-corrected chi connectivity index (χ4v) is 3.03. The zero-order valence-electron chi connectivity index (χ0n) is 15.9. The molecule has 0 rings (SSSR count).